The van der Waals surface area contributed by atoms with Gasteiger partial charge in [-0.25, -0.2) is 0 Å². The number of hydrogen-bond acceptors (Lipinski definition) is 2. The van der Waals surface area contributed by atoms with E-state index in [-0.39, 0.29) is 0 Å². The Balaban J connectivity index is 0. The molecule has 0 aromatic carbocycles. The van der Waals surface area contributed by atoms with Gasteiger partial charge in [-0.3, -0.25) is 11.7 Å². The van der Waals surface area contributed by atoms with E-state index in [0.717, 1.165) is 0 Å². The van der Waals surface area contributed by atoms with Crippen LogP contribution in [-0.2, 0) is 0 Å². The standard InChI is InChI=1S/C2H6.H4N2/c2*1-2/h1-2H3;1-2H2. The van der Waals surface area contributed by atoms with E-state index < -0.39 is 0 Å². The van der Waals surface area contributed by atoms with Crippen LogP contribution in [0.1, 0.15) is 13.8 Å². The van der Waals surface area contributed by atoms with E-state index >= 15 is 0 Å². The molecule has 0 aliphatic heterocycles. The van der Waals surface area contributed by atoms with E-state index in [1.54, 1.807) is 0 Å². The molecule has 0 aliphatic rings. The molecule has 0 radical (unpaired) electrons. The molecule has 0 aromatic rings. The smallest absolute Gasteiger partial charge is 0.0683 e. The summed E-state index contributed by atoms with van der Waals surface area (Å²) in [6.45, 7) is 4.00. The van der Waals surface area contributed by atoms with E-state index in [4.69, 9.17) is 0 Å². The average Bonchev–Trinajstić information content (AvgIpc) is 1.50. The van der Waals surface area contributed by atoms with Gasteiger partial charge in [-0.05, 0) is 0 Å². The molecular weight excluding hydrogens is 52.0 g/mol. The SMILES string of the molecule is CC.NN. The van der Waals surface area contributed by atoms with Crippen LogP contribution in [0.2, 0.25) is 0 Å². The summed E-state index contributed by atoms with van der Waals surface area (Å²) in [5, 5.41) is 0. The molecular formula is C2H10N2. The van der Waals surface area contributed by atoms with Gasteiger partial charge in [0.1, 0.15) is 0 Å². The maximum absolute atomic E-state index is 4.00. The number of rotatable bonds is 0. The fraction of sp³-hybridized carbons (Fsp3) is 1.00. The summed E-state index contributed by atoms with van der Waals surface area (Å²) >= 11 is 0. The largest absolute Gasteiger partial charge is 0.274 e. The first-order chi connectivity index (χ1) is 2.00. The van der Waals surface area contributed by atoms with Crippen LogP contribution in [0.3, 0.4) is 0 Å². The number of hydrazine groups is 1. The maximum Gasteiger partial charge on any atom is -0.0683 e. The zero-order valence-corrected chi connectivity index (χ0v) is 3.15. The zero-order valence-electron chi connectivity index (χ0n) is 3.15. The lowest BCUT2D eigenvalue weighted by Gasteiger charge is -1.27. The summed E-state index contributed by atoms with van der Waals surface area (Å²) in [7, 11) is 0. The van der Waals surface area contributed by atoms with Gasteiger partial charge in [-0.15, -0.1) is 0 Å². The van der Waals surface area contributed by atoms with Gasteiger partial charge in [0, 0.05) is 0 Å². The minimum absolute atomic E-state index is 2.00. The lowest BCUT2D eigenvalue weighted by molar-refractivity contribution is 1.26. The lowest BCUT2D eigenvalue weighted by atomic mass is 11.0. The topological polar surface area (TPSA) is 52.0 Å². The third-order valence-corrected chi connectivity index (χ3v) is 0. The van der Waals surface area contributed by atoms with Crippen LogP contribution in [0.15, 0.2) is 0 Å². The Kier molecular flexibility index (Phi) is 3810. The molecule has 0 saturated heterocycles. The molecule has 2 nitrogen and oxygen atoms in total. The van der Waals surface area contributed by atoms with Crippen LogP contribution in [0, 0.1) is 0 Å². The van der Waals surface area contributed by atoms with Crippen molar-refractivity contribution in [1.82, 2.24) is 0 Å². The van der Waals surface area contributed by atoms with Gasteiger partial charge in [-0.2, -0.15) is 0 Å². The van der Waals surface area contributed by atoms with Crippen molar-refractivity contribution in [2.75, 3.05) is 0 Å². The molecule has 0 atom stereocenters. The van der Waals surface area contributed by atoms with Crippen LogP contribution in [0.5, 0.6) is 0 Å². The Morgan fingerprint density at radius 3 is 1.00 bits per heavy atom. The number of hydrogen-bond donors (Lipinski definition) is 2. The molecule has 28 valence electrons. The van der Waals surface area contributed by atoms with E-state index in [9.17, 15) is 0 Å². The van der Waals surface area contributed by atoms with Crippen molar-refractivity contribution in [2.45, 2.75) is 13.8 Å². The Hall–Kier alpha value is -0.0800. The van der Waals surface area contributed by atoms with Crippen LogP contribution >= 0.6 is 0 Å². The van der Waals surface area contributed by atoms with E-state index in [0.29, 0.717) is 0 Å². The molecule has 0 aromatic heterocycles. The second-order valence-corrected chi connectivity index (χ2v) is 0. The third kappa shape index (κ3) is 254. The highest BCUT2D eigenvalue weighted by molar-refractivity contribution is 3.50. The summed E-state index contributed by atoms with van der Waals surface area (Å²) in [6.07, 6.45) is 0. The van der Waals surface area contributed by atoms with Crippen molar-refractivity contribution in [2.24, 2.45) is 11.7 Å². The van der Waals surface area contributed by atoms with E-state index in [2.05, 4.69) is 11.7 Å². The quantitative estimate of drug-likeness (QED) is 0.303. The van der Waals surface area contributed by atoms with Gasteiger partial charge < -0.3 is 0 Å². The first kappa shape index (κ1) is 9.07. The van der Waals surface area contributed by atoms with Crippen molar-refractivity contribution < 1.29 is 0 Å². The van der Waals surface area contributed by atoms with Crippen molar-refractivity contribution >= 4 is 0 Å². The minimum atomic E-state index is 2.00. The van der Waals surface area contributed by atoms with Gasteiger partial charge in [-0.1, -0.05) is 13.8 Å². The van der Waals surface area contributed by atoms with Gasteiger partial charge >= 0.3 is 0 Å². The predicted octanol–water partition coefficient (Wildman–Crippen LogP) is -0.155. The molecule has 4 heavy (non-hydrogen) atoms. The van der Waals surface area contributed by atoms with Crippen molar-refractivity contribution in [3.63, 3.8) is 0 Å². The third-order valence-electron chi connectivity index (χ3n) is 0. The summed E-state index contributed by atoms with van der Waals surface area (Å²) < 4.78 is 0. The number of nitrogens with two attached hydrogens (primary N) is 2. The van der Waals surface area contributed by atoms with Crippen LogP contribution in [0.25, 0.3) is 0 Å². The molecule has 0 fully saturated rings. The van der Waals surface area contributed by atoms with Crippen molar-refractivity contribution in [3.8, 4) is 0 Å². The molecule has 0 unspecified atom stereocenters. The van der Waals surface area contributed by atoms with E-state index in [1.165, 1.54) is 0 Å². The second-order valence-electron chi connectivity index (χ2n) is 0. The molecule has 0 aliphatic carbocycles. The van der Waals surface area contributed by atoms with Gasteiger partial charge in [0.2, 0.25) is 0 Å². The molecule has 0 rings (SSSR count). The second kappa shape index (κ2) is 1680. The Labute approximate surface area is 26.8 Å². The fourth-order valence-electron chi connectivity index (χ4n) is 0. The molecule has 0 heterocycles. The van der Waals surface area contributed by atoms with Crippen LogP contribution in [0.4, 0.5) is 0 Å². The lowest BCUT2D eigenvalue weighted by Crippen LogP contribution is -2.02. The Morgan fingerprint density at radius 2 is 1.00 bits per heavy atom. The Morgan fingerprint density at radius 1 is 1.00 bits per heavy atom. The van der Waals surface area contributed by atoms with Crippen molar-refractivity contribution in [3.05, 3.63) is 0 Å². The fourth-order valence-corrected chi connectivity index (χ4v) is 0. The molecule has 0 amide bonds. The first-order valence-electron chi connectivity index (χ1n) is 1.33. The maximum atomic E-state index is 4.00. The highest BCUT2D eigenvalue weighted by atomic mass is 15.0. The van der Waals surface area contributed by atoms with Crippen LogP contribution < -0.4 is 11.7 Å². The molecule has 0 bridgehead atoms. The summed E-state index contributed by atoms with van der Waals surface area (Å²) in [6, 6.07) is 0. The summed E-state index contributed by atoms with van der Waals surface area (Å²) in [4.78, 5) is 0. The predicted molar refractivity (Wildman–Crippen MR) is 19.7 cm³/mol. The monoisotopic (exact) mass is 62.1 g/mol. The van der Waals surface area contributed by atoms with Crippen molar-refractivity contribution in [1.29, 1.82) is 0 Å². The minimum Gasteiger partial charge on any atom is -0.274 e. The van der Waals surface area contributed by atoms with E-state index in [1.807, 2.05) is 13.8 Å². The highest BCUT2D eigenvalue weighted by Gasteiger charge is 0.932. The van der Waals surface area contributed by atoms with Gasteiger partial charge in [0.25, 0.3) is 0 Å². The molecule has 4 N–H and O–H groups in total. The normalized spacial score (nSPS) is 3.00. The zero-order chi connectivity index (χ0) is 4.00. The average molecular weight is 62.1 g/mol. The molecule has 0 saturated carbocycles. The summed E-state index contributed by atoms with van der Waals surface area (Å²) in [5.41, 5.74) is 0. The highest BCUT2D eigenvalue weighted by Crippen LogP contribution is 1.14. The molecule has 2 heteroatoms. The Bertz CT molecular complexity index is 4.00. The first-order valence-corrected chi connectivity index (χ1v) is 1.33. The van der Waals surface area contributed by atoms with Crippen LogP contribution in [-0.4, -0.2) is 0 Å². The van der Waals surface area contributed by atoms with Gasteiger partial charge in [0.05, 0.1) is 0 Å². The molecule has 0 spiro atoms. The van der Waals surface area contributed by atoms with Gasteiger partial charge in [0.15, 0.2) is 0 Å². The summed E-state index contributed by atoms with van der Waals surface area (Å²) in [5.74, 6) is 8.00.